The Hall–Kier alpha value is -0.870. The number of carbonyl (C=O) groups excluding carboxylic acids is 1. The highest BCUT2D eigenvalue weighted by atomic mass is 79.9. The number of benzene rings is 1. The van der Waals surface area contributed by atoms with E-state index in [0.29, 0.717) is 12.1 Å². The van der Waals surface area contributed by atoms with E-state index in [4.69, 9.17) is 5.73 Å². The van der Waals surface area contributed by atoms with Gasteiger partial charge in [0.05, 0.1) is 0 Å². The lowest BCUT2D eigenvalue weighted by molar-refractivity contribution is 0.0952. The lowest BCUT2D eigenvalue weighted by Gasteiger charge is -2.09. The highest BCUT2D eigenvalue weighted by Gasteiger charge is 2.09. The second kappa shape index (κ2) is 6.01. The van der Waals surface area contributed by atoms with Crippen molar-refractivity contribution in [2.45, 2.75) is 26.3 Å². The van der Waals surface area contributed by atoms with Crippen molar-refractivity contribution in [1.82, 2.24) is 5.32 Å². The molecule has 3 N–H and O–H groups in total. The van der Waals surface area contributed by atoms with E-state index in [0.717, 1.165) is 16.5 Å². The molecule has 1 unspecified atom stereocenters. The molecule has 4 heteroatoms. The van der Waals surface area contributed by atoms with Gasteiger partial charge >= 0.3 is 0 Å². The van der Waals surface area contributed by atoms with E-state index in [1.165, 1.54) is 0 Å². The highest BCUT2D eigenvalue weighted by Crippen LogP contribution is 2.19. The van der Waals surface area contributed by atoms with Crippen molar-refractivity contribution in [3.8, 4) is 0 Å². The van der Waals surface area contributed by atoms with Crippen LogP contribution in [0, 0.1) is 6.92 Å². The predicted molar refractivity (Wildman–Crippen MR) is 69.5 cm³/mol. The van der Waals surface area contributed by atoms with Gasteiger partial charge in [0.1, 0.15) is 0 Å². The molecular weight excluding hydrogens is 268 g/mol. The first-order chi connectivity index (χ1) is 7.52. The summed E-state index contributed by atoms with van der Waals surface area (Å²) in [5.74, 6) is -0.0422. The van der Waals surface area contributed by atoms with Crippen LogP contribution >= 0.6 is 15.9 Å². The van der Waals surface area contributed by atoms with Crippen LogP contribution in [-0.4, -0.2) is 18.5 Å². The molecule has 16 heavy (non-hydrogen) atoms. The van der Waals surface area contributed by atoms with Gasteiger partial charge in [-0.15, -0.1) is 0 Å². The molecule has 0 saturated heterocycles. The minimum absolute atomic E-state index is 0.0422. The van der Waals surface area contributed by atoms with Crippen molar-refractivity contribution < 1.29 is 4.79 Å². The molecular formula is C12H17BrN2O. The third-order valence-electron chi connectivity index (χ3n) is 2.40. The summed E-state index contributed by atoms with van der Waals surface area (Å²) in [6, 6.07) is 5.72. The van der Waals surface area contributed by atoms with Gasteiger partial charge in [-0.1, -0.05) is 22.0 Å². The number of nitrogens with two attached hydrogens (primary N) is 1. The minimum atomic E-state index is -0.0422. The van der Waals surface area contributed by atoms with Gasteiger partial charge in [-0.2, -0.15) is 0 Å². The number of carbonyl (C=O) groups is 1. The monoisotopic (exact) mass is 284 g/mol. The maximum atomic E-state index is 11.8. The molecule has 0 heterocycles. The molecule has 88 valence electrons. The van der Waals surface area contributed by atoms with Gasteiger partial charge in [-0.05, 0) is 38.0 Å². The Bertz CT molecular complexity index is 377. The average molecular weight is 285 g/mol. The average Bonchev–Trinajstić information content (AvgIpc) is 2.21. The SMILES string of the molecule is Cc1c(Br)cccc1C(=O)NCCC(C)N. The van der Waals surface area contributed by atoms with Crippen molar-refractivity contribution in [2.24, 2.45) is 5.73 Å². The van der Waals surface area contributed by atoms with Gasteiger partial charge in [0.25, 0.3) is 5.91 Å². The standard InChI is InChI=1S/C12H17BrN2O/c1-8(14)6-7-15-12(16)10-4-3-5-11(13)9(10)2/h3-5,8H,6-7,14H2,1-2H3,(H,15,16). The summed E-state index contributed by atoms with van der Waals surface area (Å²) < 4.78 is 0.951. The number of amides is 1. The number of nitrogens with one attached hydrogen (secondary N) is 1. The zero-order valence-corrected chi connectivity index (χ0v) is 11.2. The van der Waals surface area contributed by atoms with E-state index in [-0.39, 0.29) is 11.9 Å². The van der Waals surface area contributed by atoms with Gasteiger partial charge in [0.2, 0.25) is 0 Å². The van der Waals surface area contributed by atoms with E-state index in [2.05, 4.69) is 21.2 Å². The maximum absolute atomic E-state index is 11.8. The molecule has 0 fully saturated rings. The third kappa shape index (κ3) is 3.61. The largest absolute Gasteiger partial charge is 0.352 e. The van der Waals surface area contributed by atoms with Crippen LogP contribution < -0.4 is 11.1 Å². The Balaban J connectivity index is 2.63. The van der Waals surface area contributed by atoms with Crippen LogP contribution in [0.1, 0.15) is 29.3 Å². The molecule has 0 aliphatic heterocycles. The van der Waals surface area contributed by atoms with E-state index >= 15 is 0 Å². The lowest BCUT2D eigenvalue weighted by atomic mass is 10.1. The van der Waals surface area contributed by atoms with Crippen LogP contribution in [0.25, 0.3) is 0 Å². The smallest absolute Gasteiger partial charge is 0.251 e. The molecule has 0 saturated carbocycles. The Morgan fingerprint density at radius 2 is 2.25 bits per heavy atom. The first kappa shape index (κ1) is 13.2. The number of halogens is 1. The summed E-state index contributed by atoms with van der Waals surface area (Å²) in [6.45, 7) is 4.46. The molecule has 1 aromatic rings. The van der Waals surface area contributed by atoms with Crippen molar-refractivity contribution in [3.63, 3.8) is 0 Å². The predicted octanol–water partition coefficient (Wildman–Crippen LogP) is 2.22. The number of hydrogen-bond donors (Lipinski definition) is 2. The van der Waals surface area contributed by atoms with Crippen LogP contribution in [0.5, 0.6) is 0 Å². The molecule has 0 spiro atoms. The van der Waals surface area contributed by atoms with Crippen molar-refractivity contribution in [3.05, 3.63) is 33.8 Å². The Morgan fingerprint density at radius 3 is 2.88 bits per heavy atom. The topological polar surface area (TPSA) is 55.1 Å². The van der Waals surface area contributed by atoms with Crippen molar-refractivity contribution >= 4 is 21.8 Å². The first-order valence-electron chi connectivity index (χ1n) is 5.31. The molecule has 1 amide bonds. The molecule has 1 rings (SSSR count). The molecule has 0 bridgehead atoms. The van der Waals surface area contributed by atoms with Crippen LogP contribution in [-0.2, 0) is 0 Å². The second-order valence-electron chi connectivity index (χ2n) is 3.93. The van der Waals surface area contributed by atoms with Crippen LogP contribution in [0.15, 0.2) is 22.7 Å². The summed E-state index contributed by atoms with van der Waals surface area (Å²) in [5.41, 5.74) is 7.28. The second-order valence-corrected chi connectivity index (χ2v) is 4.79. The van der Waals surface area contributed by atoms with Crippen LogP contribution in [0.2, 0.25) is 0 Å². The summed E-state index contributed by atoms with van der Waals surface area (Å²) in [4.78, 5) is 11.8. The number of rotatable bonds is 4. The van der Waals surface area contributed by atoms with E-state index in [1.807, 2.05) is 32.0 Å². The lowest BCUT2D eigenvalue weighted by Crippen LogP contribution is -2.29. The van der Waals surface area contributed by atoms with Crippen LogP contribution in [0.4, 0.5) is 0 Å². The summed E-state index contributed by atoms with van der Waals surface area (Å²) in [5, 5.41) is 2.86. The van der Waals surface area contributed by atoms with Gasteiger partial charge in [-0.3, -0.25) is 4.79 Å². The van der Waals surface area contributed by atoms with Gasteiger partial charge in [-0.25, -0.2) is 0 Å². The molecule has 3 nitrogen and oxygen atoms in total. The fraction of sp³-hybridized carbons (Fsp3) is 0.417. The molecule has 0 aliphatic rings. The molecule has 1 aromatic carbocycles. The third-order valence-corrected chi connectivity index (χ3v) is 3.26. The van der Waals surface area contributed by atoms with Gasteiger partial charge in [0.15, 0.2) is 0 Å². The summed E-state index contributed by atoms with van der Waals surface area (Å²) in [6.07, 6.45) is 0.790. The molecule has 1 atom stereocenters. The Morgan fingerprint density at radius 1 is 1.56 bits per heavy atom. The zero-order chi connectivity index (χ0) is 12.1. The molecule has 0 radical (unpaired) electrons. The molecule has 0 aliphatic carbocycles. The van der Waals surface area contributed by atoms with E-state index < -0.39 is 0 Å². The quantitative estimate of drug-likeness (QED) is 0.891. The summed E-state index contributed by atoms with van der Waals surface area (Å²) in [7, 11) is 0. The van der Waals surface area contributed by atoms with Crippen molar-refractivity contribution in [1.29, 1.82) is 0 Å². The van der Waals surface area contributed by atoms with Gasteiger partial charge in [0, 0.05) is 22.6 Å². The first-order valence-corrected chi connectivity index (χ1v) is 6.10. The number of hydrogen-bond acceptors (Lipinski definition) is 2. The maximum Gasteiger partial charge on any atom is 0.251 e. The highest BCUT2D eigenvalue weighted by molar-refractivity contribution is 9.10. The normalized spacial score (nSPS) is 12.2. The van der Waals surface area contributed by atoms with Gasteiger partial charge < -0.3 is 11.1 Å². The summed E-state index contributed by atoms with van der Waals surface area (Å²) >= 11 is 3.41. The van der Waals surface area contributed by atoms with Crippen LogP contribution in [0.3, 0.4) is 0 Å². The minimum Gasteiger partial charge on any atom is -0.352 e. The molecule has 0 aromatic heterocycles. The fourth-order valence-electron chi connectivity index (χ4n) is 1.36. The van der Waals surface area contributed by atoms with E-state index in [9.17, 15) is 4.79 Å². The van der Waals surface area contributed by atoms with E-state index in [1.54, 1.807) is 0 Å². The Labute approximate surface area is 105 Å². The van der Waals surface area contributed by atoms with Crippen molar-refractivity contribution in [2.75, 3.05) is 6.54 Å². The Kier molecular flexibility index (Phi) is 4.96. The zero-order valence-electron chi connectivity index (χ0n) is 9.59. The fourth-order valence-corrected chi connectivity index (χ4v) is 1.73.